The number of para-hydroxylation sites is 1. The summed E-state index contributed by atoms with van der Waals surface area (Å²) in [6, 6.07) is 13.6. The summed E-state index contributed by atoms with van der Waals surface area (Å²) in [5.74, 6) is 1.09. The molecule has 1 aliphatic heterocycles. The average Bonchev–Trinajstić information content (AvgIpc) is 3.05. The summed E-state index contributed by atoms with van der Waals surface area (Å²) >= 11 is 6.04. The minimum absolute atomic E-state index is 0.293. The molecule has 2 aromatic carbocycles. The molecule has 0 radical (unpaired) electrons. The van der Waals surface area contributed by atoms with Gasteiger partial charge in [0, 0.05) is 13.1 Å². The van der Waals surface area contributed by atoms with Gasteiger partial charge in [-0.1, -0.05) is 23.7 Å². The highest BCUT2D eigenvalue weighted by Gasteiger charge is 2.26. The molecule has 0 aliphatic carbocycles. The molecule has 1 aliphatic rings. The second kappa shape index (κ2) is 6.28. The molecule has 6 heteroatoms. The number of ether oxygens (including phenoxy) is 1. The van der Waals surface area contributed by atoms with Crippen molar-refractivity contribution in [3.63, 3.8) is 0 Å². The van der Waals surface area contributed by atoms with Gasteiger partial charge in [-0.3, -0.25) is 0 Å². The highest BCUT2D eigenvalue weighted by Crippen LogP contribution is 2.30. The summed E-state index contributed by atoms with van der Waals surface area (Å²) in [4.78, 5) is 0.293. The molecule has 3 rings (SSSR count). The van der Waals surface area contributed by atoms with Crippen molar-refractivity contribution in [1.29, 1.82) is 0 Å². The van der Waals surface area contributed by atoms with Crippen molar-refractivity contribution in [1.82, 2.24) is 4.31 Å². The van der Waals surface area contributed by atoms with Gasteiger partial charge in [0.1, 0.15) is 11.5 Å². The monoisotopic (exact) mass is 337 g/mol. The molecule has 1 heterocycles. The van der Waals surface area contributed by atoms with E-state index in [4.69, 9.17) is 16.3 Å². The largest absolute Gasteiger partial charge is 0.456 e. The Morgan fingerprint density at radius 3 is 2.23 bits per heavy atom. The lowest BCUT2D eigenvalue weighted by Gasteiger charge is -2.15. The summed E-state index contributed by atoms with van der Waals surface area (Å²) in [7, 11) is -3.38. The number of hydrogen-bond acceptors (Lipinski definition) is 3. The highest BCUT2D eigenvalue weighted by atomic mass is 35.5. The van der Waals surface area contributed by atoms with Crippen molar-refractivity contribution in [2.24, 2.45) is 0 Å². The van der Waals surface area contributed by atoms with Crippen LogP contribution in [-0.4, -0.2) is 25.8 Å². The molecule has 1 saturated heterocycles. The molecule has 1 fully saturated rings. The first kappa shape index (κ1) is 15.3. The van der Waals surface area contributed by atoms with Crippen LogP contribution in [0, 0.1) is 0 Å². The minimum atomic E-state index is -3.38. The number of sulfonamides is 1. The van der Waals surface area contributed by atoms with Crippen LogP contribution in [0.1, 0.15) is 12.8 Å². The average molecular weight is 338 g/mol. The molecule has 0 N–H and O–H groups in total. The smallest absolute Gasteiger partial charge is 0.243 e. The quantitative estimate of drug-likeness (QED) is 0.849. The van der Waals surface area contributed by atoms with Crippen LogP contribution in [0.25, 0.3) is 0 Å². The van der Waals surface area contributed by atoms with Crippen molar-refractivity contribution in [2.45, 2.75) is 17.7 Å². The van der Waals surface area contributed by atoms with Crippen LogP contribution in [0.4, 0.5) is 0 Å². The third-order valence-electron chi connectivity index (χ3n) is 3.59. The molecule has 116 valence electrons. The number of rotatable bonds is 4. The number of halogens is 1. The van der Waals surface area contributed by atoms with Crippen LogP contribution in [0.3, 0.4) is 0 Å². The fourth-order valence-corrected chi connectivity index (χ4v) is 4.10. The number of nitrogens with zero attached hydrogens (tertiary/aromatic N) is 1. The molecule has 2 aromatic rings. The fourth-order valence-electron chi connectivity index (χ4n) is 2.41. The van der Waals surface area contributed by atoms with Crippen LogP contribution in [-0.2, 0) is 10.0 Å². The normalized spacial score (nSPS) is 15.9. The van der Waals surface area contributed by atoms with E-state index in [1.54, 1.807) is 36.4 Å². The summed E-state index contributed by atoms with van der Waals surface area (Å²) in [6.07, 6.45) is 1.85. The number of hydrogen-bond donors (Lipinski definition) is 0. The van der Waals surface area contributed by atoms with E-state index >= 15 is 0 Å². The maximum absolute atomic E-state index is 12.4. The Morgan fingerprint density at radius 2 is 1.59 bits per heavy atom. The second-order valence-electron chi connectivity index (χ2n) is 5.12. The van der Waals surface area contributed by atoms with Gasteiger partial charge in [-0.15, -0.1) is 0 Å². The van der Waals surface area contributed by atoms with Crippen molar-refractivity contribution in [2.75, 3.05) is 13.1 Å². The summed E-state index contributed by atoms with van der Waals surface area (Å²) < 4.78 is 32.0. The molecule has 0 unspecified atom stereocenters. The minimum Gasteiger partial charge on any atom is -0.456 e. The van der Waals surface area contributed by atoms with Gasteiger partial charge in [0.05, 0.1) is 9.92 Å². The molecule has 0 saturated carbocycles. The molecule has 22 heavy (non-hydrogen) atoms. The first-order valence-corrected chi connectivity index (χ1v) is 8.92. The van der Waals surface area contributed by atoms with E-state index < -0.39 is 10.0 Å². The lowest BCUT2D eigenvalue weighted by Crippen LogP contribution is -2.27. The van der Waals surface area contributed by atoms with Crippen molar-refractivity contribution >= 4 is 21.6 Å². The van der Waals surface area contributed by atoms with E-state index in [0.717, 1.165) is 12.8 Å². The molecule has 0 spiro atoms. The van der Waals surface area contributed by atoms with Gasteiger partial charge in [0.15, 0.2) is 0 Å². The summed E-state index contributed by atoms with van der Waals surface area (Å²) in [6.45, 7) is 1.19. The lowest BCUT2D eigenvalue weighted by atomic mass is 10.3. The third kappa shape index (κ3) is 3.11. The Bertz CT molecular complexity index is 753. The summed E-state index contributed by atoms with van der Waals surface area (Å²) in [5, 5.41) is 0.510. The maximum Gasteiger partial charge on any atom is 0.243 e. The first-order chi connectivity index (χ1) is 10.6. The van der Waals surface area contributed by atoms with Gasteiger partial charge in [-0.25, -0.2) is 8.42 Å². The molecular weight excluding hydrogens is 322 g/mol. The van der Waals surface area contributed by atoms with Crippen molar-refractivity contribution < 1.29 is 13.2 Å². The molecule has 4 nitrogen and oxygen atoms in total. The number of benzene rings is 2. The molecular formula is C16H16ClNO3S. The zero-order valence-electron chi connectivity index (χ0n) is 11.9. The van der Waals surface area contributed by atoms with Crippen molar-refractivity contribution in [3.8, 4) is 11.5 Å². The Morgan fingerprint density at radius 1 is 0.955 bits per heavy atom. The zero-order valence-corrected chi connectivity index (χ0v) is 13.5. The first-order valence-electron chi connectivity index (χ1n) is 7.10. The van der Waals surface area contributed by atoms with E-state index in [9.17, 15) is 8.42 Å². The van der Waals surface area contributed by atoms with Gasteiger partial charge in [0.2, 0.25) is 10.0 Å². The Kier molecular flexibility index (Phi) is 4.38. The lowest BCUT2D eigenvalue weighted by molar-refractivity contribution is 0.475. The van der Waals surface area contributed by atoms with Crippen LogP contribution in [0.2, 0.25) is 5.02 Å². The van der Waals surface area contributed by atoms with E-state index in [2.05, 4.69) is 0 Å². The molecule has 0 atom stereocenters. The van der Waals surface area contributed by atoms with Gasteiger partial charge in [-0.05, 0) is 49.2 Å². The van der Waals surface area contributed by atoms with E-state index in [1.165, 1.54) is 4.31 Å². The van der Waals surface area contributed by atoms with Crippen LogP contribution in [0.15, 0.2) is 53.4 Å². The van der Waals surface area contributed by atoms with Crippen LogP contribution in [0.5, 0.6) is 11.5 Å². The zero-order chi connectivity index (χ0) is 15.6. The Balaban J connectivity index is 1.80. The second-order valence-corrected chi connectivity index (χ2v) is 7.46. The maximum atomic E-state index is 12.4. The fraction of sp³-hybridized carbons (Fsp3) is 0.250. The van der Waals surface area contributed by atoms with E-state index in [1.807, 2.05) is 12.1 Å². The SMILES string of the molecule is O=S(=O)(c1ccc(Oc2ccccc2Cl)cc1)N1CCCC1. The highest BCUT2D eigenvalue weighted by molar-refractivity contribution is 7.89. The van der Waals surface area contributed by atoms with E-state index in [0.29, 0.717) is 34.5 Å². The third-order valence-corrected chi connectivity index (χ3v) is 5.82. The topological polar surface area (TPSA) is 46.6 Å². The van der Waals surface area contributed by atoms with Crippen molar-refractivity contribution in [3.05, 3.63) is 53.6 Å². The van der Waals surface area contributed by atoms with Gasteiger partial charge < -0.3 is 4.74 Å². The summed E-state index contributed by atoms with van der Waals surface area (Å²) in [5.41, 5.74) is 0. The van der Waals surface area contributed by atoms with Crippen LogP contribution >= 0.6 is 11.6 Å². The Hall–Kier alpha value is -1.56. The van der Waals surface area contributed by atoms with Gasteiger partial charge in [-0.2, -0.15) is 4.31 Å². The predicted octanol–water partition coefficient (Wildman–Crippen LogP) is 3.92. The molecule has 0 amide bonds. The molecule has 0 aromatic heterocycles. The standard InChI is InChI=1S/C16H16ClNO3S/c17-15-5-1-2-6-16(15)21-13-7-9-14(10-8-13)22(19,20)18-11-3-4-12-18/h1-2,5-10H,3-4,11-12H2. The predicted molar refractivity (Wildman–Crippen MR) is 86.0 cm³/mol. The van der Waals surface area contributed by atoms with Gasteiger partial charge >= 0.3 is 0 Å². The van der Waals surface area contributed by atoms with Crippen LogP contribution < -0.4 is 4.74 Å². The Labute approximate surface area is 135 Å². The molecule has 0 bridgehead atoms. The van der Waals surface area contributed by atoms with Gasteiger partial charge in [0.25, 0.3) is 0 Å². The van der Waals surface area contributed by atoms with E-state index in [-0.39, 0.29) is 0 Å².